The summed E-state index contributed by atoms with van der Waals surface area (Å²) in [4.78, 5) is 6.12. The van der Waals surface area contributed by atoms with E-state index in [-0.39, 0.29) is 5.41 Å². The fourth-order valence-corrected chi connectivity index (χ4v) is 4.10. The Kier molecular flexibility index (Phi) is 7.19. The van der Waals surface area contributed by atoms with Gasteiger partial charge >= 0.3 is 0 Å². The maximum atomic E-state index is 6.02. The Morgan fingerprint density at radius 3 is 2.91 bits per heavy atom. The number of hydrogen-bond acceptors (Lipinski definition) is 3. The molecule has 0 saturated heterocycles. The van der Waals surface area contributed by atoms with Gasteiger partial charge in [0, 0.05) is 30.1 Å². The highest BCUT2D eigenvalue weighted by molar-refractivity contribution is 7.10. The van der Waals surface area contributed by atoms with E-state index in [1.807, 2.05) is 18.3 Å². The number of guanidine groups is 1. The summed E-state index contributed by atoms with van der Waals surface area (Å²) in [6, 6.07) is 4.41. The second kappa shape index (κ2) is 9.16. The van der Waals surface area contributed by atoms with Crippen LogP contribution in [0.5, 0.6) is 0 Å². The van der Waals surface area contributed by atoms with Crippen LogP contribution in [0.1, 0.15) is 50.3 Å². The van der Waals surface area contributed by atoms with Crippen LogP contribution >= 0.6 is 11.3 Å². The van der Waals surface area contributed by atoms with Crippen molar-refractivity contribution in [2.75, 3.05) is 26.3 Å². The van der Waals surface area contributed by atoms with E-state index in [0.29, 0.717) is 5.96 Å². The maximum Gasteiger partial charge on any atom is 0.188 e. The Morgan fingerprint density at radius 1 is 1.41 bits per heavy atom. The first-order chi connectivity index (χ1) is 10.8. The molecule has 1 aromatic heterocycles. The normalized spacial score (nSPS) is 18.3. The molecule has 4 nitrogen and oxygen atoms in total. The molecule has 1 fully saturated rings. The maximum absolute atomic E-state index is 6.02. The molecule has 124 valence electrons. The molecular formula is C17H29N3OS. The Bertz CT molecular complexity index is 439. The lowest BCUT2D eigenvalue weighted by molar-refractivity contribution is 0.145. The lowest BCUT2D eigenvalue weighted by atomic mass is 9.73. The van der Waals surface area contributed by atoms with Crippen LogP contribution in [-0.2, 0) is 10.2 Å². The van der Waals surface area contributed by atoms with E-state index >= 15 is 0 Å². The summed E-state index contributed by atoms with van der Waals surface area (Å²) >= 11 is 1.86. The summed E-state index contributed by atoms with van der Waals surface area (Å²) in [6.45, 7) is 5.18. The summed E-state index contributed by atoms with van der Waals surface area (Å²) in [5, 5.41) is 5.37. The number of nitrogens with two attached hydrogens (primary N) is 1. The zero-order chi connectivity index (χ0) is 15.7. The highest BCUT2D eigenvalue weighted by atomic mass is 32.1. The third-order valence-corrected chi connectivity index (χ3v) is 5.50. The lowest BCUT2D eigenvalue weighted by Crippen LogP contribution is -2.37. The molecule has 0 bridgehead atoms. The van der Waals surface area contributed by atoms with Crippen molar-refractivity contribution >= 4 is 17.3 Å². The van der Waals surface area contributed by atoms with Crippen molar-refractivity contribution in [2.45, 2.75) is 50.9 Å². The molecule has 0 radical (unpaired) electrons. The molecule has 1 aliphatic rings. The highest BCUT2D eigenvalue weighted by Gasteiger charge is 2.34. The van der Waals surface area contributed by atoms with Crippen LogP contribution in [0.2, 0.25) is 0 Å². The molecule has 0 aliphatic heterocycles. The number of thiophene rings is 1. The molecule has 1 aromatic rings. The Hall–Kier alpha value is -1.07. The topological polar surface area (TPSA) is 59.6 Å². The van der Waals surface area contributed by atoms with Gasteiger partial charge in [-0.1, -0.05) is 25.3 Å². The third-order valence-electron chi connectivity index (χ3n) is 4.38. The molecule has 0 unspecified atom stereocenters. The summed E-state index contributed by atoms with van der Waals surface area (Å²) in [6.07, 6.45) is 7.37. The van der Waals surface area contributed by atoms with Crippen molar-refractivity contribution < 1.29 is 4.74 Å². The zero-order valence-corrected chi connectivity index (χ0v) is 14.5. The first-order valence-corrected chi connectivity index (χ1v) is 9.30. The molecule has 1 aliphatic carbocycles. The molecule has 5 heteroatoms. The molecule has 0 amide bonds. The first kappa shape index (κ1) is 17.3. The lowest BCUT2D eigenvalue weighted by Gasteiger charge is -2.35. The van der Waals surface area contributed by atoms with Crippen LogP contribution < -0.4 is 11.1 Å². The van der Waals surface area contributed by atoms with Gasteiger partial charge in [0.15, 0.2) is 5.96 Å². The van der Waals surface area contributed by atoms with Crippen molar-refractivity contribution in [1.29, 1.82) is 0 Å². The van der Waals surface area contributed by atoms with Gasteiger partial charge in [-0.2, -0.15) is 0 Å². The minimum absolute atomic E-state index is 0.212. The van der Waals surface area contributed by atoms with Crippen molar-refractivity contribution in [3.63, 3.8) is 0 Å². The van der Waals surface area contributed by atoms with Gasteiger partial charge in [0.05, 0.1) is 6.54 Å². The fraction of sp³-hybridized carbons (Fsp3) is 0.706. The summed E-state index contributed by atoms with van der Waals surface area (Å²) in [5.41, 5.74) is 6.23. The standard InChI is InChI=1S/C17H29N3OS/c1-2-21-12-7-11-19-16(18)20-14-17(9-4-3-5-10-17)15-8-6-13-22-15/h6,8,13H,2-5,7,9-12,14H2,1H3,(H3,18,19,20). The molecule has 22 heavy (non-hydrogen) atoms. The predicted octanol–water partition coefficient (Wildman–Crippen LogP) is 3.28. The fourth-order valence-electron chi connectivity index (χ4n) is 3.12. The van der Waals surface area contributed by atoms with Crippen LogP contribution in [0, 0.1) is 0 Å². The molecule has 2 rings (SSSR count). The van der Waals surface area contributed by atoms with Gasteiger partial charge in [0.25, 0.3) is 0 Å². The Balaban J connectivity index is 1.86. The van der Waals surface area contributed by atoms with Gasteiger partial charge in [-0.3, -0.25) is 4.99 Å². The number of nitrogens with one attached hydrogen (secondary N) is 1. The quantitative estimate of drug-likeness (QED) is 0.438. The number of hydrogen-bond donors (Lipinski definition) is 2. The first-order valence-electron chi connectivity index (χ1n) is 8.42. The molecule has 3 N–H and O–H groups in total. The summed E-state index contributed by atoms with van der Waals surface area (Å²) in [7, 11) is 0. The van der Waals surface area contributed by atoms with Gasteiger partial charge in [-0.25, -0.2) is 0 Å². The second-order valence-corrected chi connectivity index (χ2v) is 6.94. The van der Waals surface area contributed by atoms with E-state index in [2.05, 4.69) is 27.8 Å². The van der Waals surface area contributed by atoms with E-state index in [9.17, 15) is 0 Å². The van der Waals surface area contributed by atoms with E-state index in [0.717, 1.165) is 32.7 Å². The van der Waals surface area contributed by atoms with E-state index < -0.39 is 0 Å². The van der Waals surface area contributed by atoms with Crippen LogP contribution in [0.4, 0.5) is 0 Å². The second-order valence-electron chi connectivity index (χ2n) is 6.00. The van der Waals surface area contributed by atoms with Gasteiger partial charge in [0.1, 0.15) is 0 Å². The van der Waals surface area contributed by atoms with Crippen LogP contribution in [0.25, 0.3) is 0 Å². The van der Waals surface area contributed by atoms with Crippen molar-refractivity contribution in [2.24, 2.45) is 10.7 Å². The van der Waals surface area contributed by atoms with Crippen LogP contribution in [0.3, 0.4) is 0 Å². The Morgan fingerprint density at radius 2 is 2.23 bits per heavy atom. The summed E-state index contributed by atoms with van der Waals surface area (Å²) in [5.74, 6) is 0.568. The van der Waals surface area contributed by atoms with Crippen LogP contribution in [-0.4, -0.2) is 32.3 Å². The third kappa shape index (κ3) is 4.99. The number of rotatable bonds is 8. The van der Waals surface area contributed by atoms with Gasteiger partial charge in [-0.05, 0) is 37.6 Å². The monoisotopic (exact) mass is 323 g/mol. The molecule has 0 spiro atoms. The Labute approximate surface area is 138 Å². The van der Waals surface area contributed by atoms with E-state index in [1.165, 1.54) is 37.0 Å². The highest BCUT2D eigenvalue weighted by Crippen LogP contribution is 2.41. The SMILES string of the molecule is CCOCCCNC(N)=NCC1(c2cccs2)CCCCC1. The van der Waals surface area contributed by atoms with Gasteiger partial charge in [-0.15, -0.1) is 11.3 Å². The number of aliphatic imine (C=N–C) groups is 1. The molecule has 1 saturated carbocycles. The van der Waals surface area contributed by atoms with Crippen LogP contribution in [0.15, 0.2) is 22.5 Å². The zero-order valence-electron chi connectivity index (χ0n) is 13.6. The summed E-state index contributed by atoms with van der Waals surface area (Å²) < 4.78 is 5.32. The molecule has 0 atom stereocenters. The average molecular weight is 324 g/mol. The predicted molar refractivity (Wildman–Crippen MR) is 94.7 cm³/mol. The number of ether oxygens (including phenoxy) is 1. The van der Waals surface area contributed by atoms with Gasteiger partial charge in [0.2, 0.25) is 0 Å². The largest absolute Gasteiger partial charge is 0.382 e. The average Bonchev–Trinajstić information content (AvgIpc) is 3.09. The number of nitrogens with zero attached hydrogens (tertiary/aromatic N) is 1. The molecule has 1 heterocycles. The van der Waals surface area contributed by atoms with Crippen molar-refractivity contribution in [3.05, 3.63) is 22.4 Å². The minimum Gasteiger partial charge on any atom is -0.382 e. The van der Waals surface area contributed by atoms with Crippen molar-refractivity contribution in [3.8, 4) is 0 Å². The molecular weight excluding hydrogens is 294 g/mol. The van der Waals surface area contributed by atoms with Crippen molar-refractivity contribution in [1.82, 2.24) is 5.32 Å². The van der Waals surface area contributed by atoms with E-state index in [4.69, 9.17) is 10.5 Å². The smallest absolute Gasteiger partial charge is 0.188 e. The van der Waals surface area contributed by atoms with E-state index in [1.54, 1.807) is 0 Å². The minimum atomic E-state index is 0.212. The molecule has 0 aromatic carbocycles. The van der Waals surface area contributed by atoms with Gasteiger partial charge < -0.3 is 15.8 Å².